The molecule has 0 amide bonds. The highest BCUT2D eigenvalue weighted by atomic mass is 35.5. The van der Waals surface area contributed by atoms with Crippen molar-refractivity contribution in [3.63, 3.8) is 0 Å². The zero-order valence-corrected chi connectivity index (χ0v) is 14.9. The van der Waals surface area contributed by atoms with Crippen molar-refractivity contribution < 1.29 is 14.3 Å². The van der Waals surface area contributed by atoms with Crippen molar-refractivity contribution in [3.8, 4) is 0 Å². The van der Waals surface area contributed by atoms with E-state index in [1.54, 1.807) is 29.2 Å². The molecule has 2 aromatic carbocycles. The predicted octanol–water partition coefficient (Wildman–Crippen LogP) is 4.39. The predicted molar refractivity (Wildman–Crippen MR) is 94.9 cm³/mol. The van der Waals surface area contributed by atoms with Gasteiger partial charge in [0.15, 0.2) is 6.10 Å². The third-order valence-electron chi connectivity index (χ3n) is 4.26. The smallest absolute Gasteiger partial charge is 0.421 e. The fraction of sp³-hybridized carbons (Fsp3) is 0.167. The van der Waals surface area contributed by atoms with Crippen LogP contribution in [-0.4, -0.2) is 20.9 Å². The lowest BCUT2D eigenvalue weighted by atomic mass is 9.84. The molecule has 0 spiro atoms. The molecule has 4 rings (SSSR count). The van der Waals surface area contributed by atoms with E-state index in [9.17, 15) is 4.79 Å². The van der Waals surface area contributed by atoms with Crippen molar-refractivity contribution in [2.24, 2.45) is 0 Å². The zero-order valence-electron chi connectivity index (χ0n) is 13.4. The van der Waals surface area contributed by atoms with Gasteiger partial charge < -0.3 is 9.47 Å². The van der Waals surface area contributed by atoms with Gasteiger partial charge >= 0.3 is 6.16 Å². The lowest BCUT2D eigenvalue weighted by molar-refractivity contribution is 0.00364. The van der Waals surface area contributed by atoms with Crippen LogP contribution in [0.2, 0.25) is 10.0 Å². The van der Waals surface area contributed by atoms with Crippen LogP contribution in [0.1, 0.15) is 17.2 Å². The summed E-state index contributed by atoms with van der Waals surface area (Å²) in [7, 11) is 0. The molecule has 0 saturated carbocycles. The minimum atomic E-state index is -1.21. The van der Waals surface area contributed by atoms with Gasteiger partial charge in [0.1, 0.15) is 12.7 Å². The average molecular weight is 390 g/mol. The second kappa shape index (κ2) is 6.63. The third-order valence-corrected chi connectivity index (χ3v) is 4.80. The van der Waals surface area contributed by atoms with Gasteiger partial charge in [0.05, 0.1) is 6.54 Å². The van der Waals surface area contributed by atoms with E-state index in [4.69, 9.17) is 32.7 Å². The molecule has 2 heterocycles. The maximum Gasteiger partial charge on any atom is 0.510 e. The van der Waals surface area contributed by atoms with E-state index >= 15 is 0 Å². The van der Waals surface area contributed by atoms with Gasteiger partial charge in [-0.15, -0.1) is 0 Å². The van der Waals surface area contributed by atoms with Crippen molar-refractivity contribution >= 4 is 29.4 Å². The molecule has 0 bridgehead atoms. The van der Waals surface area contributed by atoms with E-state index in [1.165, 1.54) is 6.33 Å². The van der Waals surface area contributed by atoms with Gasteiger partial charge in [-0.3, -0.25) is 0 Å². The zero-order chi connectivity index (χ0) is 18.1. The molecular weight excluding hydrogens is 377 g/mol. The van der Waals surface area contributed by atoms with Crippen LogP contribution in [0, 0.1) is 0 Å². The summed E-state index contributed by atoms with van der Waals surface area (Å²) in [5.41, 5.74) is 0.150. The van der Waals surface area contributed by atoms with Crippen molar-refractivity contribution in [1.82, 2.24) is 14.8 Å². The Balaban J connectivity index is 1.90. The van der Waals surface area contributed by atoms with Crippen LogP contribution in [0.4, 0.5) is 4.79 Å². The topological polar surface area (TPSA) is 66.2 Å². The molecule has 1 fully saturated rings. The fourth-order valence-corrected chi connectivity index (χ4v) is 3.74. The van der Waals surface area contributed by atoms with Crippen LogP contribution in [0.5, 0.6) is 0 Å². The monoisotopic (exact) mass is 389 g/mol. The Morgan fingerprint density at radius 2 is 1.96 bits per heavy atom. The Morgan fingerprint density at radius 1 is 1.15 bits per heavy atom. The standard InChI is InChI=1S/C18H13Cl2N3O3/c19-13-6-7-14(15(20)8-13)18(9-23-11-21-10-22-23)16(25-17(24)26-18)12-4-2-1-3-5-12/h1-8,10-11,16H,9H2. The maximum atomic E-state index is 12.2. The quantitative estimate of drug-likeness (QED) is 0.619. The molecule has 26 heavy (non-hydrogen) atoms. The van der Waals surface area contributed by atoms with Crippen molar-refractivity contribution in [1.29, 1.82) is 0 Å². The van der Waals surface area contributed by atoms with Crippen LogP contribution in [-0.2, 0) is 21.6 Å². The molecule has 0 radical (unpaired) electrons. The SMILES string of the molecule is O=C1OC(c2ccccc2)C(Cn2cncn2)(c2ccc(Cl)cc2Cl)O1. The molecule has 1 saturated heterocycles. The van der Waals surface area contributed by atoms with Gasteiger partial charge in [-0.2, -0.15) is 5.10 Å². The van der Waals surface area contributed by atoms with Gasteiger partial charge in [0.25, 0.3) is 0 Å². The first-order valence-corrected chi connectivity index (χ1v) is 8.56. The molecule has 2 unspecified atom stereocenters. The van der Waals surface area contributed by atoms with Crippen molar-refractivity contribution in [2.45, 2.75) is 18.2 Å². The lowest BCUT2D eigenvalue weighted by Crippen LogP contribution is -2.37. The lowest BCUT2D eigenvalue weighted by Gasteiger charge is -2.32. The van der Waals surface area contributed by atoms with Crippen molar-refractivity contribution in [2.75, 3.05) is 0 Å². The number of hydrogen-bond donors (Lipinski definition) is 0. The van der Waals surface area contributed by atoms with E-state index in [-0.39, 0.29) is 6.54 Å². The number of cyclic esters (lactones) is 2. The number of ether oxygens (including phenoxy) is 2. The highest BCUT2D eigenvalue weighted by Gasteiger charge is 2.55. The van der Waals surface area contributed by atoms with Crippen molar-refractivity contribution in [3.05, 3.63) is 82.4 Å². The van der Waals surface area contributed by atoms with Crippen LogP contribution in [0.3, 0.4) is 0 Å². The summed E-state index contributed by atoms with van der Waals surface area (Å²) in [5.74, 6) is 0. The summed E-state index contributed by atoms with van der Waals surface area (Å²) in [4.78, 5) is 16.1. The van der Waals surface area contributed by atoms with Crippen LogP contribution >= 0.6 is 23.2 Å². The number of hydrogen-bond acceptors (Lipinski definition) is 5. The van der Waals surface area contributed by atoms with E-state index in [2.05, 4.69) is 10.1 Å². The van der Waals surface area contributed by atoms with E-state index in [0.717, 1.165) is 5.56 Å². The molecule has 6 nitrogen and oxygen atoms in total. The normalized spacial score (nSPS) is 22.1. The number of rotatable bonds is 4. The molecule has 2 atom stereocenters. The Kier molecular flexibility index (Phi) is 4.30. The summed E-state index contributed by atoms with van der Waals surface area (Å²) >= 11 is 12.5. The van der Waals surface area contributed by atoms with E-state index in [1.807, 2.05) is 30.3 Å². The first-order chi connectivity index (χ1) is 12.6. The van der Waals surface area contributed by atoms with Crippen LogP contribution in [0.25, 0.3) is 0 Å². The molecule has 1 aromatic heterocycles. The minimum Gasteiger partial charge on any atom is -0.421 e. The summed E-state index contributed by atoms with van der Waals surface area (Å²) in [5, 5.41) is 4.99. The van der Waals surface area contributed by atoms with E-state index in [0.29, 0.717) is 15.6 Å². The molecule has 0 aliphatic carbocycles. The molecule has 1 aliphatic heterocycles. The first-order valence-electron chi connectivity index (χ1n) is 7.81. The molecule has 132 valence electrons. The van der Waals surface area contributed by atoms with Gasteiger partial charge in [-0.25, -0.2) is 14.5 Å². The number of aromatic nitrogens is 3. The Morgan fingerprint density at radius 3 is 2.65 bits per heavy atom. The summed E-state index contributed by atoms with van der Waals surface area (Å²) < 4.78 is 12.8. The number of carbonyl (C=O) groups is 1. The summed E-state index contributed by atoms with van der Waals surface area (Å²) in [6, 6.07) is 14.4. The second-order valence-corrected chi connectivity index (χ2v) is 6.71. The summed E-state index contributed by atoms with van der Waals surface area (Å²) in [6.07, 6.45) is 1.47. The number of benzene rings is 2. The Hall–Kier alpha value is -2.57. The maximum absolute atomic E-state index is 12.2. The van der Waals surface area contributed by atoms with Gasteiger partial charge in [-0.05, 0) is 17.7 Å². The highest BCUT2D eigenvalue weighted by Crippen LogP contribution is 2.49. The average Bonchev–Trinajstić information content (AvgIpc) is 3.24. The van der Waals surface area contributed by atoms with Gasteiger partial charge in [0, 0.05) is 15.6 Å². The number of carbonyl (C=O) groups excluding carboxylic acids is 1. The van der Waals surface area contributed by atoms with Crippen LogP contribution in [0.15, 0.2) is 61.2 Å². The number of nitrogens with zero attached hydrogens (tertiary/aromatic N) is 3. The first kappa shape index (κ1) is 16.9. The molecule has 0 N–H and O–H groups in total. The molecule has 3 aromatic rings. The summed E-state index contributed by atoms with van der Waals surface area (Å²) in [6.45, 7) is 0.180. The second-order valence-electron chi connectivity index (χ2n) is 5.87. The van der Waals surface area contributed by atoms with Crippen LogP contribution < -0.4 is 0 Å². The molecule has 1 aliphatic rings. The Bertz CT molecular complexity index is 934. The fourth-order valence-electron chi connectivity index (χ4n) is 3.17. The van der Waals surface area contributed by atoms with Gasteiger partial charge in [0.2, 0.25) is 5.60 Å². The minimum absolute atomic E-state index is 0.180. The molecular formula is C18H13Cl2N3O3. The molecule has 8 heteroatoms. The number of halogens is 2. The third kappa shape index (κ3) is 2.91. The Labute approximate surface area is 159 Å². The van der Waals surface area contributed by atoms with E-state index < -0.39 is 17.9 Å². The largest absolute Gasteiger partial charge is 0.510 e. The highest BCUT2D eigenvalue weighted by molar-refractivity contribution is 6.35. The van der Waals surface area contributed by atoms with Gasteiger partial charge in [-0.1, -0.05) is 59.6 Å².